The normalized spacial score (nSPS) is 13.1. The summed E-state index contributed by atoms with van der Waals surface area (Å²) in [5.41, 5.74) is 20.0. The third kappa shape index (κ3) is 5.30. The number of nitrogens with zero attached hydrogens (tertiary/aromatic N) is 2. The first-order valence-electron chi connectivity index (χ1n) is 22.1. The molecule has 2 heterocycles. The fourth-order valence-corrected chi connectivity index (χ4v) is 11.0. The van der Waals surface area contributed by atoms with Crippen molar-refractivity contribution in [1.82, 2.24) is 4.98 Å². The van der Waals surface area contributed by atoms with E-state index in [1.165, 1.54) is 94.1 Å². The van der Waals surface area contributed by atoms with E-state index >= 15 is 0 Å². The van der Waals surface area contributed by atoms with Gasteiger partial charge in [0.05, 0.1) is 22.5 Å². The average Bonchev–Trinajstić information content (AvgIpc) is 3.66. The van der Waals surface area contributed by atoms with Gasteiger partial charge in [-0.3, -0.25) is 4.98 Å². The monoisotopic (exact) mass is 812 g/mol. The summed E-state index contributed by atoms with van der Waals surface area (Å²) in [4.78, 5) is 7.68. The number of para-hydroxylation sites is 3. The third-order valence-electron chi connectivity index (χ3n) is 13.7. The molecule has 2 aliphatic rings. The summed E-state index contributed by atoms with van der Waals surface area (Å²) < 4.78 is 0. The Hall–Kier alpha value is -8.33. The Morgan fingerprint density at radius 2 is 0.766 bits per heavy atom. The summed E-state index contributed by atoms with van der Waals surface area (Å²) in [6.07, 6.45) is 2.08. The molecule has 298 valence electrons. The van der Waals surface area contributed by atoms with Crippen molar-refractivity contribution in [2.75, 3.05) is 4.90 Å². The summed E-state index contributed by atoms with van der Waals surface area (Å²) in [6.45, 7) is 0. The summed E-state index contributed by atoms with van der Waals surface area (Å²) in [6, 6.07) is 86.6. The van der Waals surface area contributed by atoms with Crippen LogP contribution in [0.5, 0.6) is 0 Å². The molecule has 1 aromatic heterocycles. The lowest BCUT2D eigenvalue weighted by Crippen LogP contribution is -2.36. The molecular formula is C62H40N2. The maximum Gasteiger partial charge on any atom is 0.0754 e. The molecule has 2 heteroatoms. The van der Waals surface area contributed by atoms with Crippen molar-refractivity contribution >= 4 is 38.6 Å². The standard InChI is InChI=1S/C62H40N2/c1-3-17-41(18-4-1)42-31-33-43(34-32-42)60-48-22-7-9-24-50(48)61(51-25-10-8-23-49(51)60)45-36-38-57(63-40-45)44-35-37-54-52(39-44)47-21-11-12-26-53(47)62(54)55-27-13-15-29-58(55)64(46-19-5-2-6-20-46)59-30-16-14-28-56(59)62/h1-40H. The van der Waals surface area contributed by atoms with E-state index in [9.17, 15) is 0 Å². The molecule has 0 N–H and O–H groups in total. The minimum atomic E-state index is -0.488. The van der Waals surface area contributed by atoms with Crippen molar-refractivity contribution in [2.45, 2.75) is 5.41 Å². The van der Waals surface area contributed by atoms with Gasteiger partial charge >= 0.3 is 0 Å². The molecule has 11 aromatic rings. The van der Waals surface area contributed by atoms with E-state index < -0.39 is 5.41 Å². The summed E-state index contributed by atoms with van der Waals surface area (Å²) in [5.74, 6) is 0. The summed E-state index contributed by atoms with van der Waals surface area (Å²) >= 11 is 0. The molecule has 0 atom stereocenters. The SMILES string of the molecule is c1ccc(-c2ccc(-c3c4ccccc4c(-c4ccc(-c5ccc6c(c5)-c5ccccc5C65c6ccccc6N(c6ccccc6)c6ccccc65)nc4)c4ccccc34)cc2)cc1. The second kappa shape index (κ2) is 14.4. The van der Waals surface area contributed by atoms with Gasteiger partial charge in [-0.05, 0) is 119 Å². The lowest BCUT2D eigenvalue weighted by atomic mass is 9.64. The highest BCUT2D eigenvalue weighted by molar-refractivity contribution is 6.21. The van der Waals surface area contributed by atoms with Crippen molar-refractivity contribution in [3.05, 3.63) is 265 Å². The zero-order chi connectivity index (χ0) is 42.2. The molecular weight excluding hydrogens is 773 g/mol. The zero-order valence-electron chi connectivity index (χ0n) is 35.0. The Morgan fingerprint density at radius 1 is 0.312 bits per heavy atom. The van der Waals surface area contributed by atoms with E-state index in [1.807, 2.05) is 0 Å². The van der Waals surface area contributed by atoms with Crippen LogP contribution in [0.4, 0.5) is 17.1 Å². The van der Waals surface area contributed by atoms with E-state index in [0.29, 0.717) is 0 Å². The van der Waals surface area contributed by atoms with E-state index in [4.69, 9.17) is 4.98 Å². The van der Waals surface area contributed by atoms with Crippen molar-refractivity contribution in [3.8, 4) is 55.8 Å². The van der Waals surface area contributed by atoms with Gasteiger partial charge in [-0.2, -0.15) is 0 Å². The van der Waals surface area contributed by atoms with Crippen LogP contribution in [0.2, 0.25) is 0 Å². The number of aromatic nitrogens is 1. The summed E-state index contributed by atoms with van der Waals surface area (Å²) in [7, 11) is 0. The van der Waals surface area contributed by atoms with Crippen molar-refractivity contribution in [1.29, 1.82) is 0 Å². The van der Waals surface area contributed by atoms with E-state index in [1.54, 1.807) is 0 Å². The molecule has 1 aliphatic heterocycles. The molecule has 0 saturated carbocycles. The molecule has 1 spiro atoms. The Bertz CT molecular complexity index is 3490. The van der Waals surface area contributed by atoms with Gasteiger partial charge in [-0.1, -0.05) is 200 Å². The topological polar surface area (TPSA) is 16.1 Å². The third-order valence-corrected chi connectivity index (χ3v) is 13.7. The highest BCUT2D eigenvalue weighted by Gasteiger charge is 2.51. The molecule has 0 unspecified atom stereocenters. The minimum Gasteiger partial charge on any atom is -0.310 e. The maximum atomic E-state index is 5.25. The van der Waals surface area contributed by atoms with Crippen LogP contribution in [-0.2, 0) is 5.41 Å². The number of rotatable bonds is 5. The molecule has 2 nitrogen and oxygen atoms in total. The highest BCUT2D eigenvalue weighted by Crippen LogP contribution is 2.63. The Labute approximate surface area is 373 Å². The molecule has 10 aromatic carbocycles. The van der Waals surface area contributed by atoms with Gasteiger partial charge < -0.3 is 4.90 Å². The number of hydrogen-bond donors (Lipinski definition) is 0. The number of anilines is 3. The lowest BCUT2D eigenvalue weighted by molar-refractivity contribution is 0.752. The van der Waals surface area contributed by atoms with Gasteiger partial charge in [-0.15, -0.1) is 0 Å². The van der Waals surface area contributed by atoms with Gasteiger partial charge in [-0.25, -0.2) is 0 Å². The van der Waals surface area contributed by atoms with E-state index in [2.05, 4.69) is 248 Å². The van der Waals surface area contributed by atoms with Crippen LogP contribution in [-0.4, -0.2) is 4.98 Å². The van der Waals surface area contributed by atoms with Gasteiger partial charge in [0.1, 0.15) is 0 Å². The number of hydrogen-bond acceptors (Lipinski definition) is 2. The lowest BCUT2D eigenvalue weighted by Gasteiger charge is -2.45. The highest BCUT2D eigenvalue weighted by atomic mass is 15.2. The van der Waals surface area contributed by atoms with Crippen LogP contribution in [0.15, 0.2) is 243 Å². The average molecular weight is 813 g/mol. The molecule has 0 saturated heterocycles. The van der Waals surface area contributed by atoms with Crippen molar-refractivity contribution in [2.24, 2.45) is 0 Å². The first-order chi connectivity index (χ1) is 31.8. The van der Waals surface area contributed by atoms with Crippen LogP contribution >= 0.6 is 0 Å². The summed E-state index contributed by atoms with van der Waals surface area (Å²) in [5, 5.41) is 4.90. The molecule has 0 fully saturated rings. The smallest absolute Gasteiger partial charge is 0.0754 e. The molecule has 13 rings (SSSR count). The Balaban J connectivity index is 0.934. The van der Waals surface area contributed by atoms with Crippen LogP contribution in [0, 0.1) is 0 Å². The maximum absolute atomic E-state index is 5.25. The predicted octanol–water partition coefficient (Wildman–Crippen LogP) is 16.2. The second-order valence-corrected chi connectivity index (χ2v) is 17.0. The van der Waals surface area contributed by atoms with Crippen LogP contribution in [0.3, 0.4) is 0 Å². The van der Waals surface area contributed by atoms with Gasteiger partial charge in [0.2, 0.25) is 0 Å². The fraction of sp³-hybridized carbons (Fsp3) is 0.0161. The zero-order valence-corrected chi connectivity index (χ0v) is 35.0. The Kier molecular flexibility index (Phi) is 8.16. The second-order valence-electron chi connectivity index (χ2n) is 17.0. The van der Waals surface area contributed by atoms with Gasteiger partial charge in [0, 0.05) is 23.0 Å². The first-order valence-corrected chi connectivity index (χ1v) is 22.1. The Morgan fingerprint density at radius 3 is 1.38 bits per heavy atom. The van der Waals surface area contributed by atoms with Gasteiger partial charge in [0.15, 0.2) is 0 Å². The van der Waals surface area contributed by atoms with Crippen LogP contribution in [0.25, 0.3) is 77.3 Å². The van der Waals surface area contributed by atoms with Gasteiger partial charge in [0.25, 0.3) is 0 Å². The van der Waals surface area contributed by atoms with Crippen molar-refractivity contribution < 1.29 is 0 Å². The number of benzene rings is 10. The van der Waals surface area contributed by atoms with Crippen LogP contribution in [0.1, 0.15) is 22.3 Å². The first kappa shape index (κ1) is 36.3. The molecule has 0 radical (unpaired) electrons. The number of pyridine rings is 1. The molecule has 0 bridgehead atoms. The predicted molar refractivity (Wildman–Crippen MR) is 267 cm³/mol. The largest absolute Gasteiger partial charge is 0.310 e. The minimum absolute atomic E-state index is 0.488. The van der Waals surface area contributed by atoms with E-state index in [-0.39, 0.29) is 0 Å². The van der Waals surface area contributed by atoms with Crippen molar-refractivity contribution in [3.63, 3.8) is 0 Å². The fourth-order valence-electron chi connectivity index (χ4n) is 11.0. The molecule has 64 heavy (non-hydrogen) atoms. The number of fused-ring (bicyclic) bond motifs is 11. The molecule has 0 amide bonds. The quantitative estimate of drug-likeness (QED) is 0.161. The van der Waals surface area contributed by atoms with E-state index in [0.717, 1.165) is 22.5 Å². The van der Waals surface area contributed by atoms with Crippen LogP contribution < -0.4 is 4.90 Å². The molecule has 1 aliphatic carbocycles.